The smallest absolute Gasteiger partial charge is 0.362 e. The number of hydrogen-bond acceptors (Lipinski definition) is 14. The van der Waals surface area contributed by atoms with E-state index >= 15 is 0 Å². The molecule has 318 valence electrons. The molecule has 0 bridgehead atoms. The average Bonchev–Trinajstić information content (AvgIpc) is 3.60. The number of benzene rings is 3. The lowest BCUT2D eigenvalue weighted by Crippen LogP contribution is -2.52. The van der Waals surface area contributed by atoms with E-state index in [2.05, 4.69) is 42.2 Å². The number of imide groups is 1. The molecule has 2 fully saturated rings. The highest BCUT2D eigenvalue weighted by Crippen LogP contribution is 2.47. The molecule has 3 aromatic carbocycles. The average molecular weight is 861 g/mol. The molecule has 4 N–H and O–H groups in total. The Kier molecular flexibility index (Phi) is 13.9. The zero-order valence-electron chi connectivity index (χ0n) is 33.9. The Hall–Kier alpha value is -5.25. The van der Waals surface area contributed by atoms with Gasteiger partial charge in [-0.05, 0) is 81.5 Å². The van der Waals surface area contributed by atoms with Gasteiger partial charge in [0.2, 0.25) is 17.8 Å². The number of methoxy groups -OCH3 is 1. The number of carbonyl (C=O) groups excluding carboxylic acids is 3. The van der Waals surface area contributed by atoms with E-state index in [-0.39, 0.29) is 29.2 Å². The van der Waals surface area contributed by atoms with Crippen LogP contribution in [0.3, 0.4) is 0 Å². The van der Waals surface area contributed by atoms with Crippen LogP contribution in [-0.2, 0) is 29.7 Å². The first-order valence-corrected chi connectivity index (χ1v) is 22.0. The summed E-state index contributed by atoms with van der Waals surface area (Å²) in [6, 6.07) is 18.1. The number of hydrogen-bond donors (Lipinski definition) is 4. The highest BCUT2D eigenvalue weighted by molar-refractivity contribution is 7.62. The van der Waals surface area contributed by atoms with E-state index < -0.39 is 19.5 Å². The Balaban J connectivity index is 0.842. The lowest BCUT2D eigenvalue weighted by Gasteiger charge is -2.34. The molecule has 1 aromatic heterocycles. The number of carbonyl (C=O) groups is 3. The van der Waals surface area contributed by atoms with Crippen LogP contribution in [0.15, 0.2) is 66.9 Å². The molecule has 18 heteroatoms. The summed E-state index contributed by atoms with van der Waals surface area (Å²) in [6.07, 6.45) is 6.96. The van der Waals surface area contributed by atoms with E-state index in [1.54, 1.807) is 42.3 Å². The predicted octanol–water partition coefficient (Wildman–Crippen LogP) is 6.31. The van der Waals surface area contributed by atoms with E-state index in [0.717, 1.165) is 63.0 Å². The molecule has 0 saturated carbocycles. The molecule has 2 saturated heterocycles. The number of unbranched alkanes of at least 4 members (excludes halogenated alkanes) is 2. The van der Waals surface area contributed by atoms with Crippen LogP contribution >= 0.6 is 19.2 Å². The molecular formula is C42H50ClN8O8P. The topological polar surface area (TPSA) is 186 Å². The molecule has 1 unspecified atom stereocenters. The highest BCUT2D eigenvalue weighted by atomic mass is 35.5. The minimum atomic E-state index is -3.56. The van der Waals surface area contributed by atoms with Gasteiger partial charge in [0, 0.05) is 62.7 Å². The van der Waals surface area contributed by atoms with Crippen molar-refractivity contribution in [3.8, 4) is 11.5 Å². The van der Waals surface area contributed by atoms with Gasteiger partial charge in [-0.2, -0.15) is 4.98 Å². The summed E-state index contributed by atoms with van der Waals surface area (Å²) in [5.41, 5.74) is 3.56. The lowest BCUT2D eigenvalue weighted by atomic mass is 10.0. The Morgan fingerprint density at radius 2 is 1.70 bits per heavy atom. The molecule has 60 heavy (non-hydrogen) atoms. The quantitative estimate of drug-likeness (QED) is 0.0496. The fourth-order valence-corrected chi connectivity index (χ4v) is 9.13. The van der Waals surface area contributed by atoms with Gasteiger partial charge >= 0.3 is 7.60 Å². The number of fused-ring (bicyclic) bond motifs is 1. The van der Waals surface area contributed by atoms with Gasteiger partial charge in [0.05, 0.1) is 43.1 Å². The number of amides is 3. The number of nitrogens with one attached hydrogen (secondary N) is 4. The van der Waals surface area contributed by atoms with Crippen molar-refractivity contribution >= 4 is 71.1 Å². The number of piperidine rings is 2. The molecule has 4 heterocycles. The Morgan fingerprint density at radius 3 is 2.47 bits per heavy atom. The number of rotatable bonds is 18. The normalized spacial score (nSPS) is 17.1. The van der Waals surface area contributed by atoms with Gasteiger partial charge in [0.15, 0.2) is 5.82 Å². The van der Waals surface area contributed by atoms with Crippen molar-refractivity contribution in [2.24, 2.45) is 0 Å². The van der Waals surface area contributed by atoms with Crippen molar-refractivity contribution in [3.05, 3.63) is 83.0 Å². The van der Waals surface area contributed by atoms with Gasteiger partial charge in [-0.25, -0.2) is 4.98 Å². The summed E-state index contributed by atoms with van der Waals surface area (Å²) in [7, 11) is 0.720. The van der Waals surface area contributed by atoms with Crippen molar-refractivity contribution in [1.82, 2.24) is 25.5 Å². The van der Waals surface area contributed by atoms with Crippen LogP contribution in [0.1, 0.15) is 60.9 Å². The van der Waals surface area contributed by atoms with Gasteiger partial charge < -0.3 is 44.3 Å². The molecular weight excluding hydrogens is 811 g/mol. The molecule has 0 spiro atoms. The van der Waals surface area contributed by atoms with Crippen LogP contribution in [0.5, 0.6) is 11.5 Å². The minimum Gasteiger partial charge on any atom is -0.494 e. The fourth-order valence-electron chi connectivity index (χ4n) is 7.76. The van der Waals surface area contributed by atoms with Gasteiger partial charge in [-0.15, -0.1) is 0 Å². The maximum atomic E-state index is 13.2. The van der Waals surface area contributed by atoms with Crippen molar-refractivity contribution in [2.75, 3.05) is 63.1 Å². The van der Waals surface area contributed by atoms with Crippen molar-refractivity contribution in [1.29, 1.82) is 0 Å². The highest BCUT2D eigenvalue weighted by Gasteiger charge is 2.40. The van der Waals surface area contributed by atoms with Crippen LogP contribution < -0.4 is 40.9 Å². The Bertz CT molecular complexity index is 2250. The number of nitrogens with zero attached hydrogens (tertiary/aromatic N) is 4. The second-order valence-electron chi connectivity index (χ2n) is 14.7. The summed E-state index contributed by atoms with van der Waals surface area (Å²) < 4.78 is 35.5. The Morgan fingerprint density at radius 1 is 0.900 bits per heavy atom. The van der Waals surface area contributed by atoms with Gasteiger partial charge in [-0.1, -0.05) is 29.8 Å². The largest absolute Gasteiger partial charge is 0.494 e. The fraction of sp³-hybridized carbons (Fsp3) is 0.405. The first-order valence-electron chi connectivity index (χ1n) is 20.0. The SMILES string of the molecule is COc1cc(N2CCC(NCCCCCOc3cccc4c3CN(C3CCC(=O)NC3=O)C4=O)CC2)ccc1Nc1ncc(Cl)c(Nc2ccccc2P(=O)(OC)OC)n1. The van der Waals surface area contributed by atoms with Crippen LogP contribution in [0.2, 0.25) is 5.02 Å². The van der Waals surface area contributed by atoms with Gasteiger partial charge in [-0.3, -0.25) is 24.3 Å². The van der Waals surface area contributed by atoms with E-state index in [0.29, 0.717) is 65.2 Å². The third-order valence-electron chi connectivity index (χ3n) is 11.0. The summed E-state index contributed by atoms with van der Waals surface area (Å²) >= 11 is 6.47. The van der Waals surface area contributed by atoms with Gasteiger partial charge in [0.25, 0.3) is 5.91 Å². The molecule has 3 aliphatic rings. The molecule has 1 atom stereocenters. The summed E-state index contributed by atoms with van der Waals surface area (Å²) in [5, 5.41) is 13.1. The zero-order chi connectivity index (χ0) is 42.2. The molecule has 0 aliphatic carbocycles. The lowest BCUT2D eigenvalue weighted by molar-refractivity contribution is -0.136. The first-order chi connectivity index (χ1) is 29.1. The summed E-state index contributed by atoms with van der Waals surface area (Å²) in [5.74, 6) is 0.966. The number of anilines is 5. The molecule has 3 aliphatic heterocycles. The second kappa shape index (κ2) is 19.4. The molecule has 16 nitrogen and oxygen atoms in total. The van der Waals surface area contributed by atoms with Crippen molar-refractivity contribution in [3.63, 3.8) is 0 Å². The summed E-state index contributed by atoms with van der Waals surface area (Å²) in [4.78, 5) is 50.0. The zero-order valence-corrected chi connectivity index (χ0v) is 35.5. The standard InChI is InChI=1S/C42H50ClN8O8P/c1-56-36-24-28(14-15-32(36)47-42-45-25-31(43)39(49-42)46-33-11-5-6-13-37(33)60(55,57-2)58-3)50-21-18-27(19-22-50)44-20-7-4-8-23-59-35-12-9-10-29-30(35)26-51(41(29)54)34-16-17-38(52)48-40(34)53/h5-6,9-15,24-25,27,34,44H,4,7-8,16-23,26H2,1-3H3,(H,48,52,53)(H2,45,46,47,49). The van der Waals surface area contributed by atoms with Crippen molar-refractivity contribution < 1.29 is 37.5 Å². The van der Waals surface area contributed by atoms with E-state index in [4.69, 9.17) is 30.1 Å². The maximum Gasteiger partial charge on any atom is 0.362 e. The van der Waals surface area contributed by atoms with E-state index in [1.807, 2.05) is 24.3 Å². The minimum absolute atomic E-state index is 0.201. The molecule has 4 aromatic rings. The molecule has 3 amide bonds. The van der Waals surface area contributed by atoms with Gasteiger partial charge in [0.1, 0.15) is 22.6 Å². The Labute approximate surface area is 354 Å². The molecule has 7 rings (SSSR count). The van der Waals surface area contributed by atoms with Crippen molar-refractivity contribution in [2.45, 2.75) is 63.6 Å². The number of ether oxygens (including phenoxy) is 2. The van der Waals surface area contributed by atoms with Crippen LogP contribution in [-0.4, -0.2) is 92.2 Å². The van der Waals surface area contributed by atoms with Crippen LogP contribution in [0, 0.1) is 0 Å². The third kappa shape index (κ3) is 9.69. The second-order valence-corrected chi connectivity index (χ2v) is 17.3. The first kappa shape index (κ1) is 42.9. The van der Waals surface area contributed by atoms with E-state index in [1.165, 1.54) is 20.4 Å². The number of para-hydroxylation sites is 1. The monoisotopic (exact) mass is 860 g/mol. The van der Waals surface area contributed by atoms with Crippen LogP contribution in [0.25, 0.3) is 0 Å². The predicted molar refractivity (Wildman–Crippen MR) is 229 cm³/mol. The third-order valence-corrected chi connectivity index (χ3v) is 13.2. The number of aromatic nitrogens is 2. The van der Waals surface area contributed by atoms with E-state index in [9.17, 15) is 18.9 Å². The molecule has 0 radical (unpaired) electrons. The van der Waals surface area contributed by atoms with Crippen LogP contribution in [0.4, 0.5) is 28.8 Å². The number of halogens is 1. The summed E-state index contributed by atoms with van der Waals surface area (Å²) in [6.45, 7) is 3.57. The maximum absolute atomic E-state index is 13.2.